The van der Waals surface area contributed by atoms with Crippen LogP contribution in [0.1, 0.15) is 12.5 Å². The highest BCUT2D eigenvalue weighted by Gasteiger charge is 2.14. The van der Waals surface area contributed by atoms with Crippen LogP contribution in [0.5, 0.6) is 0 Å². The molecule has 0 N–H and O–H groups in total. The molecule has 136 valence electrons. The Morgan fingerprint density at radius 3 is 2.70 bits per heavy atom. The van der Waals surface area contributed by atoms with Crippen LogP contribution in [-0.2, 0) is 12.4 Å². The number of nitrogens with zero attached hydrogens (tertiary/aromatic N) is 6. The Balaban J connectivity index is 1.62. The van der Waals surface area contributed by atoms with E-state index >= 15 is 0 Å². The fourth-order valence-corrected chi connectivity index (χ4v) is 3.78. The molecule has 0 unspecified atom stereocenters. The monoisotopic (exact) mass is 378 g/mol. The molecule has 0 saturated carbocycles. The van der Waals surface area contributed by atoms with Crippen LogP contribution in [0.3, 0.4) is 0 Å². The molecule has 2 aromatic carbocycles. The summed E-state index contributed by atoms with van der Waals surface area (Å²) in [6.07, 6.45) is 0. The topological polar surface area (TPSA) is 78.5 Å². The van der Waals surface area contributed by atoms with Gasteiger partial charge in [0.1, 0.15) is 5.52 Å². The van der Waals surface area contributed by atoms with E-state index in [0.29, 0.717) is 16.8 Å². The maximum atomic E-state index is 12.6. The fourth-order valence-electron chi connectivity index (χ4n) is 2.91. The van der Waals surface area contributed by atoms with Gasteiger partial charge in [-0.25, -0.2) is 0 Å². The molecule has 0 spiro atoms. The van der Waals surface area contributed by atoms with Crippen molar-refractivity contribution in [2.75, 3.05) is 0 Å². The zero-order chi connectivity index (χ0) is 18.8. The third kappa shape index (κ3) is 3.35. The molecule has 0 amide bonds. The second-order valence-corrected chi connectivity index (χ2v) is 7.02. The maximum Gasteiger partial charge on any atom is 0.278 e. The van der Waals surface area contributed by atoms with Crippen LogP contribution in [0.25, 0.3) is 22.3 Å². The summed E-state index contributed by atoms with van der Waals surface area (Å²) >= 11 is 1.42. The molecule has 0 saturated heterocycles. The number of rotatable bonds is 5. The van der Waals surface area contributed by atoms with E-state index in [9.17, 15) is 4.79 Å². The summed E-state index contributed by atoms with van der Waals surface area (Å²) in [6, 6.07) is 15.4. The van der Waals surface area contributed by atoms with Crippen molar-refractivity contribution in [1.82, 2.24) is 29.8 Å². The van der Waals surface area contributed by atoms with E-state index in [0.717, 1.165) is 23.1 Å². The molecule has 0 radical (unpaired) electrons. The first-order chi connectivity index (χ1) is 13.2. The Morgan fingerprint density at radius 1 is 1.04 bits per heavy atom. The predicted octanol–water partition coefficient (Wildman–Crippen LogP) is 3.13. The summed E-state index contributed by atoms with van der Waals surface area (Å²) in [5.74, 6) is 1.14. The minimum absolute atomic E-state index is 0.158. The summed E-state index contributed by atoms with van der Waals surface area (Å²) in [5.41, 5.74) is 2.64. The van der Waals surface area contributed by atoms with Gasteiger partial charge in [0.15, 0.2) is 11.0 Å². The van der Waals surface area contributed by atoms with Gasteiger partial charge < -0.3 is 4.57 Å². The number of thioether (sulfide) groups is 1. The third-order valence-corrected chi connectivity index (χ3v) is 5.19. The largest absolute Gasteiger partial charge is 0.302 e. The van der Waals surface area contributed by atoms with Gasteiger partial charge in [-0.3, -0.25) is 4.79 Å². The summed E-state index contributed by atoms with van der Waals surface area (Å²) < 4.78 is 3.40. The Kier molecular flexibility index (Phi) is 4.72. The normalized spacial score (nSPS) is 11.2. The van der Waals surface area contributed by atoms with Gasteiger partial charge in [0.05, 0.1) is 11.3 Å². The maximum absolute atomic E-state index is 12.6. The number of benzene rings is 2. The molecule has 7 nitrogen and oxygen atoms in total. The van der Waals surface area contributed by atoms with Crippen molar-refractivity contribution in [3.05, 3.63) is 64.4 Å². The Morgan fingerprint density at radius 2 is 1.89 bits per heavy atom. The smallest absolute Gasteiger partial charge is 0.278 e. The molecule has 0 aliphatic rings. The average molecular weight is 378 g/mol. The van der Waals surface area contributed by atoms with Gasteiger partial charge >= 0.3 is 0 Å². The van der Waals surface area contributed by atoms with Gasteiger partial charge in [0.2, 0.25) is 0 Å². The van der Waals surface area contributed by atoms with Crippen LogP contribution < -0.4 is 5.56 Å². The van der Waals surface area contributed by atoms with Crippen LogP contribution in [0.15, 0.2) is 58.5 Å². The molecule has 0 aliphatic heterocycles. The first-order valence-corrected chi connectivity index (χ1v) is 9.61. The highest BCUT2D eigenvalue weighted by molar-refractivity contribution is 7.98. The van der Waals surface area contributed by atoms with Crippen LogP contribution in [0.4, 0.5) is 0 Å². The second-order valence-electron chi connectivity index (χ2n) is 6.10. The van der Waals surface area contributed by atoms with Crippen LogP contribution in [-0.4, -0.2) is 29.8 Å². The van der Waals surface area contributed by atoms with E-state index in [4.69, 9.17) is 0 Å². The van der Waals surface area contributed by atoms with E-state index in [-0.39, 0.29) is 5.56 Å². The number of fused-ring (bicyclic) bond motifs is 1. The Bertz CT molecular complexity index is 1170. The quantitative estimate of drug-likeness (QED) is 0.497. The van der Waals surface area contributed by atoms with E-state index in [1.807, 2.05) is 28.8 Å². The fraction of sp³-hybridized carbons (Fsp3) is 0.211. The van der Waals surface area contributed by atoms with E-state index in [1.165, 1.54) is 22.0 Å². The van der Waals surface area contributed by atoms with Crippen molar-refractivity contribution in [1.29, 1.82) is 0 Å². The van der Waals surface area contributed by atoms with Crippen LogP contribution in [0.2, 0.25) is 0 Å². The van der Waals surface area contributed by atoms with E-state index in [2.05, 4.69) is 46.5 Å². The lowest BCUT2D eigenvalue weighted by molar-refractivity contribution is 0.637. The molecular weight excluding hydrogens is 360 g/mol. The average Bonchev–Trinajstić information content (AvgIpc) is 3.10. The molecule has 27 heavy (non-hydrogen) atoms. The van der Waals surface area contributed by atoms with Crippen molar-refractivity contribution in [3.8, 4) is 11.4 Å². The highest BCUT2D eigenvalue weighted by Crippen LogP contribution is 2.25. The van der Waals surface area contributed by atoms with Crippen molar-refractivity contribution in [3.63, 3.8) is 0 Å². The van der Waals surface area contributed by atoms with E-state index < -0.39 is 0 Å². The Labute approximate surface area is 160 Å². The molecular formula is C19H18N6OS. The summed E-state index contributed by atoms with van der Waals surface area (Å²) in [7, 11) is 0. The van der Waals surface area contributed by atoms with Gasteiger partial charge in [-0.05, 0) is 32.0 Å². The van der Waals surface area contributed by atoms with Crippen molar-refractivity contribution in [2.24, 2.45) is 0 Å². The SMILES string of the molecule is CCn1c(SCn2nnc3ccccc3c2=O)nnc1-c1cccc(C)c1. The first kappa shape index (κ1) is 17.4. The summed E-state index contributed by atoms with van der Waals surface area (Å²) in [5, 5.41) is 18.1. The summed E-state index contributed by atoms with van der Waals surface area (Å²) in [4.78, 5) is 12.6. The molecule has 4 rings (SSSR count). The minimum atomic E-state index is -0.158. The second kappa shape index (κ2) is 7.32. The number of hydrogen-bond acceptors (Lipinski definition) is 6. The molecule has 0 fully saturated rings. The van der Waals surface area contributed by atoms with Gasteiger partial charge in [0.25, 0.3) is 5.56 Å². The Hall–Kier alpha value is -3.00. The molecule has 4 aromatic rings. The first-order valence-electron chi connectivity index (χ1n) is 8.63. The van der Waals surface area contributed by atoms with Crippen molar-refractivity contribution in [2.45, 2.75) is 31.4 Å². The molecule has 0 bridgehead atoms. The van der Waals surface area contributed by atoms with Gasteiger partial charge in [-0.15, -0.1) is 15.3 Å². The standard InChI is InChI=1S/C19H18N6OS/c1-3-24-17(14-8-6-7-13(2)11-14)21-22-19(24)27-12-25-18(26)15-9-4-5-10-16(15)20-23-25/h4-11H,3,12H2,1-2H3. The van der Waals surface area contributed by atoms with E-state index in [1.54, 1.807) is 12.1 Å². The zero-order valence-electron chi connectivity index (χ0n) is 15.0. The molecule has 2 heterocycles. The number of hydrogen-bond donors (Lipinski definition) is 0. The number of aromatic nitrogens is 6. The minimum Gasteiger partial charge on any atom is -0.302 e. The lowest BCUT2D eigenvalue weighted by Crippen LogP contribution is -2.23. The molecule has 2 aromatic heterocycles. The van der Waals surface area contributed by atoms with Crippen LogP contribution >= 0.6 is 11.8 Å². The lowest BCUT2D eigenvalue weighted by atomic mass is 10.1. The van der Waals surface area contributed by atoms with Crippen molar-refractivity contribution >= 4 is 22.7 Å². The van der Waals surface area contributed by atoms with Gasteiger partial charge in [0, 0.05) is 12.1 Å². The summed E-state index contributed by atoms with van der Waals surface area (Å²) in [6.45, 7) is 4.84. The third-order valence-electron chi connectivity index (χ3n) is 4.25. The predicted molar refractivity (Wildman–Crippen MR) is 106 cm³/mol. The van der Waals surface area contributed by atoms with Crippen LogP contribution in [0, 0.1) is 6.92 Å². The van der Waals surface area contributed by atoms with Crippen molar-refractivity contribution < 1.29 is 0 Å². The highest BCUT2D eigenvalue weighted by atomic mass is 32.2. The number of aryl methyl sites for hydroxylation is 1. The van der Waals surface area contributed by atoms with Gasteiger partial charge in [-0.1, -0.05) is 52.9 Å². The van der Waals surface area contributed by atoms with Gasteiger partial charge in [-0.2, -0.15) is 4.68 Å². The lowest BCUT2D eigenvalue weighted by Gasteiger charge is -2.08. The molecule has 8 heteroatoms. The molecule has 0 aliphatic carbocycles. The zero-order valence-corrected chi connectivity index (χ0v) is 15.8. The molecule has 0 atom stereocenters.